The van der Waals surface area contributed by atoms with Crippen molar-refractivity contribution in [2.45, 2.75) is 37.8 Å². The highest BCUT2D eigenvalue weighted by Gasteiger charge is 2.55. The van der Waals surface area contributed by atoms with Crippen LogP contribution in [0.2, 0.25) is 0 Å². The molecular formula is C9H16O4. The Hall–Kier alpha value is -0.160. The van der Waals surface area contributed by atoms with Gasteiger partial charge in [-0.25, -0.2) is 0 Å². The number of epoxide rings is 1. The Labute approximate surface area is 77.8 Å². The number of hydrogen-bond acceptors (Lipinski definition) is 4. The molecule has 0 amide bonds. The molecule has 2 saturated heterocycles. The van der Waals surface area contributed by atoms with Crippen LogP contribution in [0, 0.1) is 0 Å². The summed E-state index contributed by atoms with van der Waals surface area (Å²) in [5.41, 5.74) is -0.363. The molecule has 76 valence electrons. The van der Waals surface area contributed by atoms with E-state index >= 15 is 0 Å². The number of rotatable bonds is 3. The maximum Gasteiger partial charge on any atom is 0.168 e. The molecule has 2 fully saturated rings. The van der Waals surface area contributed by atoms with Crippen LogP contribution in [0.4, 0.5) is 0 Å². The first-order chi connectivity index (χ1) is 6.08. The predicted octanol–water partition coefficient (Wildman–Crippen LogP) is 0.289. The molecule has 13 heavy (non-hydrogen) atoms. The van der Waals surface area contributed by atoms with Crippen molar-refractivity contribution in [2.75, 3.05) is 19.8 Å². The standard InChI is InChI=1S/C9H16O4/c1-8(6-10)7(13-8)5-9(2)11-3-4-12-9/h7,10H,3-6H2,1-2H3/t7-,8-/m1/s1. The maximum absolute atomic E-state index is 8.99. The van der Waals surface area contributed by atoms with Gasteiger partial charge in [0.25, 0.3) is 0 Å². The first-order valence-corrected chi connectivity index (χ1v) is 4.65. The lowest BCUT2D eigenvalue weighted by molar-refractivity contribution is -0.149. The minimum atomic E-state index is -0.502. The largest absolute Gasteiger partial charge is 0.393 e. The third-order valence-corrected chi connectivity index (χ3v) is 2.80. The van der Waals surface area contributed by atoms with Gasteiger partial charge in [0.2, 0.25) is 0 Å². The third-order valence-electron chi connectivity index (χ3n) is 2.80. The van der Waals surface area contributed by atoms with Crippen molar-refractivity contribution in [1.82, 2.24) is 0 Å². The minimum absolute atomic E-state index is 0.0632. The van der Waals surface area contributed by atoms with E-state index in [0.717, 1.165) is 0 Å². The molecule has 2 atom stereocenters. The van der Waals surface area contributed by atoms with Crippen molar-refractivity contribution >= 4 is 0 Å². The highest BCUT2D eigenvalue weighted by Crippen LogP contribution is 2.42. The van der Waals surface area contributed by atoms with Gasteiger partial charge in [0.15, 0.2) is 5.79 Å². The van der Waals surface area contributed by atoms with Crippen LogP contribution in [-0.4, -0.2) is 42.4 Å². The predicted molar refractivity (Wildman–Crippen MR) is 45.3 cm³/mol. The zero-order valence-electron chi connectivity index (χ0n) is 8.08. The Morgan fingerprint density at radius 1 is 1.31 bits per heavy atom. The van der Waals surface area contributed by atoms with E-state index in [4.69, 9.17) is 19.3 Å². The van der Waals surface area contributed by atoms with Crippen LogP contribution < -0.4 is 0 Å². The van der Waals surface area contributed by atoms with Crippen molar-refractivity contribution in [1.29, 1.82) is 0 Å². The van der Waals surface area contributed by atoms with Crippen molar-refractivity contribution in [3.05, 3.63) is 0 Å². The molecule has 1 N–H and O–H groups in total. The van der Waals surface area contributed by atoms with Crippen LogP contribution in [0.5, 0.6) is 0 Å². The summed E-state index contributed by atoms with van der Waals surface area (Å²) in [5.74, 6) is -0.502. The van der Waals surface area contributed by atoms with Crippen LogP contribution >= 0.6 is 0 Å². The van der Waals surface area contributed by atoms with E-state index in [0.29, 0.717) is 19.6 Å². The fourth-order valence-electron chi connectivity index (χ4n) is 1.70. The van der Waals surface area contributed by atoms with E-state index in [1.165, 1.54) is 0 Å². The van der Waals surface area contributed by atoms with Crippen LogP contribution in [0.15, 0.2) is 0 Å². The number of aliphatic hydroxyl groups is 1. The quantitative estimate of drug-likeness (QED) is 0.647. The summed E-state index contributed by atoms with van der Waals surface area (Å²) in [5, 5.41) is 8.99. The van der Waals surface area contributed by atoms with Gasteiger partial charge < -0.3 is 19.3 Å². The van der Waals surface area contributed by atoms with Crippen molar-refractivity contribution in [3.8, 4) is 0 Å². The molecule has 4 nitrogen and oxygen atoms in total. The number of ether oxygens (including phenoxy) is 3. The zero-order valence-corrected chi connectivity index (χ0v) is 8.08. The van der Waals surface area contributed by atoms with Gasteiger partial charge in [0, 0.05) is 6.42 Å². The third kappa shape index (κ3) is 1.72. The Kier molecular flexibility index (Phi) is 2.11. The van der Waals surface area contributed by atoms with E-state index in [1.54, 1.807) is 0 Å². The molecule has 0 bridgehead atoms. The van der Waals surface area contributed by atoms with Gasteiger partial charge in [-0.2, -0.15) is 0 Å². The van der Waals surface area contributed by atoms with E-state index in [-0.39, 0.29) is 18.3 Å². The molecule has 2 heterocycles. The lowest BCUT2D eigenvalue weighted by Gasteiger charge is -2.21. The van der Waals surface area contributed by atoms with Gasteiger partial charge in [-0.3, -0.25) is 0 Å². The monoisotopic (exact) mass is 188 g/mol. The Bertz CT molecular complexity index is 200. The molecule has 0 spiro atoms. The molecule has 0 aromatic carbocycles. The van der Waals surface area contributed by atoms with Gasteiger partial charge in [0.05, 0.1) is 25.9 Å². The normalized spacial score (nSPS) is 42.2. The van der Waals surface area contributed by atoms with Crippen molar-refractivity contribution in [3.63, 3.8) is 0 Å². The summed E-state index contributed by atoms with van der Waals surface area (Å²) >= 11 is 0. The Morgan fingerprint density at radius 2 is 1.92 bits per heavy atom. The average molecular weight is 188 g/mol. The summed E-state index contributed by atoms with van der Waals surface area (Å²) in [7, 11) is 0. The molecule has 4 heteroatoms. The molecule has 0 saturated carbocycles. The lowest BCUT2D eigenvalue weighted by atomic mass is 10.0. The first-order valence-electron chi connectivity index (χ1n) is 4.65. The molecule has 2 aliphatic heterocycles. The van der Waals surface area contributed by atoms with Gasteiger partial charge in [-0.15, -0.1) is 0 Å². The maximum atomic E-state index is 8.99. The van der Waals surface area contributed by atoms with Crippen molar-refractivity contribution in [2.24, 2.45) is 0 Å². The molecule has 2 aliphatic rings. The second-order valence-electron chi connectivity index (χ2n) is 4.11. The van der Waals surface area contributed by atoms with Crippen LogP contribution in [-0.2, 0) is 14.2 Å². The Balaban J connectivity index is 1.86. The summed E-state index contributed by atoms with van der Waals surface area (Å²) in [6.07, 6.45) is 0.768. The van der Waals surface area contributed by atoms with Crippen LogP contribution in [0.1, 0.15) is 20.3 Å². The SMILES string of the molecule is CC1(C[C@H]2O[C@]2(C)CO)OCCO1. The molecule has 0 aliphatic carbocycles. The van der Waals surface area contributed by atoms with Crippen LogP contribution in [0.3, 0.4) is 0 Å². The van der Waals surface area contributed by atoms with Gasteiger partial charge in [-0.05, 0) is 13.8 Å². The van der Waals surface area contributed by atoms with Gasteiger partial charge in [0.1, 0.15) is 5.60 Å². The molecular weight excluding hydrogens is 172 g/mol. The summed E-state index contributed by atoms with van der Waals surface area (Å²) in [6, 6.07) is 0. The molecule has 2 rings (SSSR count). The van der Waals surface area contributed by atoms with Gasteiger partial charge >= 0.3 is 0 Å². The van der Waals surface area contributed by atoms with Crippen molar-refractivity contribution < 1.29 is 19.3 Å². The highest BCUT2D eigenvalue weighted by atomic mass is 16.7. The second-order valence-corrected chi connectivity index (χ2v) is 4.11. The molecule has 0 aromatic heterocycles. The fourth-order valence-corrected chi connectivity index (χ4v) is 1.70. The topological polar surface area (TPSA) is 51.2 Å². The second kappa shape index (κ2) is 2.92. The van der Waals surface area contributed by atoms with E-state index in [9.17, 15) is 0 Å². The first kappa shape index (κ1) is 9.40. The molecule has 0 unspecified atom stereocenters. The van der Waals surface area contributed by atoms with E-state index in [2.05, 4.69) is 0 Å². The Morgan fingerprint density at radius 3 is 2.38 bits per heavy atom. The smallest absolute Gasteiger partial charge is 0.168 e. The summed E-state index contributed by atoms with van der Waals surface area (Å²) < 4.78 is 16.3. The average Bonchev–Trinajstić information content (AvgIpc) is 2.54. The highest BCUT2D eigenvalue weighted by molar-refractivity contribution is 5.00. The van der Waals surface area contributed by atoms with E-state index in [1.807, 2.05) is 13.8 Å². The molecule has 0 aromatic rings. The zero-order chi connectivity index (χ0) is 9.53. The minimum Gasteiger partial charge on any atom is -0.393 e. The summed E-state index contributed by atoms with van der Waals surface area (Å²) in [6.45, 7) is 5.18. The summed E-state index contributed by atoms with van der Waals surface area (Å²) in [4.78, 5) is 0. The van der Waals surface area contributed by atoms with E-state index < -0.39 is 5.79 Å². The molecule has 0 radical (unpaired) electrons. The number of aliphatic hydroxyl groups excluding tert-OH is 1. The fraction of sp³-hybridized carbons (Fsp3) is 1.00. The lowest BCUT2D eigenvalue weighted by Crippen LogP contribution is -2.30. The van der Waals surface area contributed by atoms with Crippen LogP contribution in [0.25, 0.3) is 0 Å². The number of hydrogen-bond donors (Lipinski definition) is 1. The van der Waals surface area contributed by atoms with Gasteiger partial charge in [-0.1, -0.05) is 0 Å².